The Bertz CT molecular complexity index is 302. The molecule has 0 aromatic carbocycles. The van der Waals surface area contributed by atoms with Gasteiger partial charge in [0.25, 0.3) is 10.1 Å². The van der Waals surface area contributed by atoms with Gasteiger partial charge in [0.1, 0.15) is 0 Å². The zero-order valence-electron chi connectivity index (χ0n) is 7.78. The molecule has 1 unspecified atom stereocenters. The predicted molar refractivity (Wildman–Crippen MR) is 50.0 cm³/mol. The lowest BCUT2D eigenvalue weighted by Gasteiger charge is -2.07. The van der Waals surface area contributed by atoms with Gasteiger partial charge in [-0.15, -0.1) is 0 Å². The molecule has 0 spiro atoms. The first-order valence-electron chi connectivity index (χ1n) is 3.86. The summed E-state index contributed by atoms with van der Waals surface area (Å²) in [6.07, 6.45) is 0.106. The van der Waals surface area contributed by atoms with Gasteiger partial charge in [0.05, 0.1) is 5.75 Å². The van der Waals surface area contributed by atoms with Crippen LogP contribution in [0.15, 0.2) is 12.2 Å². The lowest BCUT2D eigenvalue weighted by molar-refractivity contribution is -0.116. The van der Waals surface area contributed by atoms with Crippen molar-refractivity contribution in [3.8, 4) is 0 Å². The quantitative estimate of drug-likeness (QED) is 0.539. The van der Waals surface area contributed by atoms with E-state index in [0.717, 1.165) is 0 Å². The van der Waals surface area contributed by atoms with Gasteiger partial charge < -0.3 is 0 Å². The average Bonchev–Trinajstić information content (AvgIpc) is 1.81. The van der Waals surface area contributed by atoms with Crippen LogP contribution in [0.3, 0.4) is 0 Å². The molecule has 0 saturated carbocycles. The number of ketones is 1. The molecule has 0 bridgehead atoms. The molecule has 0 rings (SSSR count). The molecule has 0 amide bonds. The van der Waals surface area contributed by atoms with E-state index in [4.69, 9.17) is 4.55 Å². The number of hydrogen-bond acceptors (Lipinski definition) is 3. The van der Waals surface area contributed by atoms with Crippen LogP contribution in [0, 0.1) is 5.92 Å². The van der Waals surface area contributed by atoms with Crippen molar-refractivity contribution in [1.29, 1.82) is 0 Å². The summed E-state index contributed by atoms with van der Waals surface area (Å²) < 4.78 is 29.3. The fraction of sp³-hybridized carbons (Fsp3) is 0.625. The van der Waals surface area contributed by atoms with Crippen LogP contribution in [-0.4, -0.2) is 24.5 Å². The van der Waals surface area contributed by atoms with E-state index in [2.05, 4.69) is 6.58 Å². The summed E-state index contributed by atoms with van der Waals surface area (Å²) >= 11 is 0. The van der Waals surface area contributed by atoms with E-state index in [9.17, 15) is 13.2 Å². The van der Waals surface area contributed by atoms with Crippen molar-refractivity contribution >= 4 is 15.9 Å². The third-order valence-corrected chi connectivity index (χ3v) is 2.50. The highest BCUT2D eigenvalue weighted by Crippen LogP contribution is 2.08. The fourth-order valence-corrected chi connectivity index (χ4v) is 1.75. The second-order valence-electron chi connectivity index (χ2n) is 3.26. The van der Waals surface area contributed by atoms with Gasteiger partial charge in [-0.25, -0.2) is 0 Å². The van der Waals surface area contributed by atoms with Gasteiger partial charge in [-0.3, -0.25) is 9.35 Å². The molecular weight excluding hydrogens is 192 g/mol. The molecule has 0 heterocycles. The van der Waals surface area contributed by atoms with E-state index in [1.807, 2.05) is 0 Å². The molecule has 0 saturated heterocycles. The van der Waals surface area contributed by atoms with Crippen LogP contribution in [-0.2, 0) is 14.9 Å². The number of carbonyl (C=O) groups is 1. The monoisotopic (exact) mass is 206 g/mol. The van der Waals surface area contributed by atoms with E-state index in [1.165, 1.54) is 0 Å². The minimum absolute atomic E-state index is 0.106. The summed E-state index contributed by atoms with van der Waals surface area (Å²) in [5.74, 6) is -0.929. The third-order valence-electron chi connectivity index (χ3n) is 1.51. The van der Waals surface area contributed by atoms with E-state index >= 15 is 0 Å². The first-order chi connectivity index (χ1) is 5.72. The molecule has 0 aliphatic rings. The van der Waals surface area contributed by atoms with Crippen LogP contribution in [0.2, 0.25) is 0 Å². The smallest absolute Gasteiger partial charge is 0.265 e. The normalized spacial score (nSPS) is 13.8. The highest BCUT2D eigenvalue weighted by atomic mass is 32.2. The maximum Gasteiger partial charge on any atom is 0.265 e. The third kappa shape index (κ3) is 6.48. The molecule has 1 N–H and O–H groups in total. The number of carbonyl (C=O) groups excluding carboxylic acids is 1. The first kappa shape index (κ1) is 12.3. The second kappa shape index (κ2) is 4.53. The molecule has 0 aliphatic heterocycles. The Morgan fingerprint density at radius 2 is 2.00 bits per heavy atom. The second-order valence-corrected chi connectivity index (χ2v) is 4.76. The summed E-state index contributed by atoms with van der Waals surface area (Å²) in [4.78, 5) is 11.1. The molecular formula is C8H14O4S. The Morgan fingerprint density at radius 3 is 2.31 bits per heavy atom. The van der Waals surface area contributed by atoms with Gasteiger partial charge in [-0.05, 0) is 18.4 Å². The summed E-state index contributed by atoms with van der Waals surface area (Å²) in [7, 11) is -3.98. The fourth-order valence-electron chi connectivity index (χ4n) is 0.909. The zero-order valence-corrected chi connectivity index (χ0v) is 8.60. The van der Waals surface area contributed by atoms with Crippen LogP contribution in [0.4, 0.5) is 0 Å². The number of Topliss-reactive ketones (excluding diaryl/α,β-unsaturated/α-hetero) is 1. The number of allylic oxidation sites excluding steroid dienone is 1. The van der Waals surface area contributed by atoms with Crippen molar-refractivity contribution in [3.63, 3.8) is 0 Å². The maximum atomic E-state index is 11.1. The minimum Gasteiger partial charge on any atom is -0.295 e. The maximum absolute atomic E-state index is 11.1. The number of hydrogen-bond donors (Lipinski definition) is 1. The van der Waals surface area contributed by atoms with Gasteiger partial charge in [0, 0.05) is 6.42 Å². The van der Waals surface area contributed by atoms with Crippen molar-refractivity contribution in [1.82, 2.24) is 0 Å². The largest absolute Gasteiger partial charge is 0.295 e. The topological polar surface area (TPSA) is 71.4 Å². The Labute approximate surface area is 78.4 Å². The zero-order chi connectivity index (χ0) is 10.6. The molecule has 0 fully saturated rings. The van der Waals surface area contributed by atoms with Crippen LogP contribution in [0.1, 0.15) is 20.3 Å². The van der Waals surface area contributed by atoms with Gasteiger partial charge in [-0.1, -0.05) is 13.5 Å². The van der Waals surface area contributed by atoms with Crippen LogP contribution in [0.5, 0.6) is 0 Å². The Hall–Kier alpha value is -0.680. The van der Waals surface area contributed by atoms with Crippen molar-refractivity contribution in [3.05, 3.63) is 12.2 Å². The van der Waals surface area contributed by atoms with E-state index in [0.29, 0.717) is 5.57 Å². The Kier molecular flexibility index (Phi) is 4.29. The molecule has 1 atom stereocenters. The summed E-state index contributed by atoms with van der Waals surface area (Å²) in [5.41, 5.74) is 0.405. The van der Waals surface area contributed by atoms with Crippen molar-refractivity contribution in [2.75, 3.05) is 5.75 Å². The standard InChI is InChI=1S/C8H14O4S/c1-6(2)8(9)4-7(3)5-13(10,11)12/h7H,1,4-5H2,2-3H3,(H,10,11,12). The first-order valence-corrected chi connectivity index (χ1v) is 5.47. The SMILES string of the molecule is C=C(C)C(=O)CC(C)CS(=O)(=O)O. The predicted octanol–water partition coefficient (Wildman–Crippen LogP) is 1.05. The van der Waals surface area contributed by atoms with Crippen LogP contribution >= 0.6 is 0 Å². The summed E-state index contributed by atoms with van der Waals surface area (Å²) in [5, 5.41) is 0. The summed E-state index contributed by atoms with van der Waals surface area (Å²) in [6, 6.07) is 0. The molecule has 5 heteroatoms. The van der Waals surface area contributed by atoms with E-state index in [1.54, 1.807) is 13.8 Å². The van der Waals surface area contributed by atoms with Crippen LogP contribution in [0.25, 0.3) is 0 Å². The highest BCUT2D eigenvalue weighted by molar-refractivity contribution is 7.85. The van der Waals surface area contributed by atoms with Crippen molar-refractivity contribution < 1.29 is 17.8 Å². The molecule has 76 valence electrons. The number of rotatable bonds is 5. The molecule has 0 radical (unpaired) electrons. The highest BCUT2D eigenvalue weighted by Gasteiger charge is 2.15. The molecule has 4 nitrogen and oxygen atoms in total. The Morgan fingerprint density at radius 1 is 1.54 bits per heavy atom. The lowest BCUT2D eigenvalue weighted by atomic mass is 10.0. The van der Waals surface area contributed by atoms with Crippen molar-refractivity contribution in [2.24, 2.45) is 5.92 Å². The molecule has 13 heavy (non-hydrogen) atoms. The van der Waals surface area contributed by atoms with E-state index in [-0.39, 0.29) is 23.9 Å². The summed E-state index contributed by atoms with van der Waals surface area (Å²) in [6.45, 7) is 6.61. The Balaban J connectivity index is 4.10. The van der Waals surface area contributed by atoms with Gasteiger partial charge in [0.2, 0.25) is 0 Å². The molecule has 0 aliphatic carbocycles. The van der Waals surface area contributed by atoms with Crippen molar-refractivity contribution in [2.45, 2.75) is 20.3 Å². The average molecular weight is 206 g/mol. The van der Waals surface area contributed by atoms with Gasteiger partial charge >= 0.3 is 0 Å². The lowest BCUT2D eigenvalue weighted by Crippen LogP contribution is -2.16. The van der Waals surface area contributed by atoms with E-state index < -0.39 is 10.1 Å². The van der Waals surface area contributed by atoms with Gasteiger partial charge in [0.15, 0.2) is 5.78 Å². The molecule has 0 aromatic rings. The van der Waals surface area contributed by atoms with Gasteiger partial charge in [-0.2, -0.15) is 8.42 Å². The minimum atomic E-state index is -3.98. The molecule has 0 aromatic heterocycles. The van der Waals surface area contributed by atoms with Crippen LogP contribution < -0.4 is 0 Å².